The maximum Gasteiger partial charge on any atom is 0.134 e. The fourth-order valence-electron chi connectivity index (χ4n) is 5.91. The van der Waals surface area contributed by atoms with E-state index in [0.29, 0.717) is 16.9 Å². The Hall–Kier alpha value is -2.16. The molecule has 4 rings (SSSR count). The van der Waals surface area contributed by atoms with E-state index in [1.807, 2.05) is 12.1 Å². The molecule has 0 saturated heterocycles. The van der Waals surface area contributed by atoms with E-state index >= 15 is 4.39 Å². The van der Waals surface area contributed by atoms with Crippen LogP contribution in [0.1, 0.15) is 69.8 Å². The van der Waals surface area contributed by atoms with E-state index in [0.717, 1.165) is 36.2 Å². The summed E-state index contributed by atoms with van der Waals surface area (Å²) in [6.45, 7) is 2.09. The average molecular weight is 425 g/mol. The standard InChI is InChI=1S/C28H34F2O/c1-3-4-5-6-19-7-8-21-16-22(10-9-20(21)15-19)25-13-11-23(17-27(25)29)26-14-12-24(31-2)18-28(26)30/h3-4,11-14,17-22H,5-10,15-16H2,1-2H3/b4-3+. The highest BCUT2D eigenvalue weighted by Crippen LogP contribution is 2.49. The summed E-state index contributed by atoms with van der Waals surface area (Å²) < 4.78 is 34.6. The normalized spacial score (nSPS) is 26.1. The lowest BCUT2D eigenvalue weighted by atomic mass is 9.63. The lowest BCUT2D eigenvalue weighted by Crippen LogP contribution is -2.30. The van der Waals surface area contributed by atoms with Gasteiger partial charge in [0.25, 0.3) is 0 Å². The Morgan fingerprint density at radius 3 is 2.48 bits per heavy atom. The van der Waals surface area contributed by atoms with Crippen LogP contribution in [0.3, 0.4) is 0 Å². The second kappa shape index (κ2) is 9.97. The van der Waals surface area contributed by atoms with Crippen LogP contribution in [0.25, 0.3) is 11.1 Å². The number of allylic oxidation sites excluding steroid dienone is 2. The summed E-state index contributed by atoms with van der Waals surface area (Å²) in [7, 11) is 1.51. The van der Waals surface area contributed by atoms with Crippen molar-refractivity contribution in [3.05, 3.63) is 65.7 Å². The largest absolute Gasteiger partial charge is 0.497 e. The van der Waals surface area contributed by atoms with Crippen LogP contribution in [0.5, 0.6) is 5.75 Å². The van der Waals surface area contributed by atoms with Crippen molar-refractivity contribution < 1.29 is 13.5 Å². The number of methoxy groups -OCH3 is 1. The van der Waals surface area contributed by atoms with Gasteiger partial charge in [-0.05, 0) is 105 Å². The topological polar surface area (TPSA) is 9.23 Å². The summed E-state index contributed by atoms with van der Waals surface area (Å²) in [5, 5.41) is 0. The van der Waals surface area contributed by atoms with E-state index in [2.05, 4.69) is 19.1 Å². The van der Waals surface area contributed by atoms with Gasteiger partial charge in [0.2, 0.25) is 0 Å². The first kappa shape index (κ1) is 22.0. The quantitative estimate of drug-likeness (QED) is 0.424. The lowest BCUT2D eigenvalue weighted by molar-refractivity contribution is 0.114. The van der Waals surface area contributed by atoms with Crippen molar-refractivity contribution in [1.82, 2.24) is 0 Å². The van der Waals surface area contributed by atoms with Gasteiger partial charge in [0.15, 0.2) is 0 Å². The van der Waals surface area contributed by atoms with Crippen LogP contribution in [0.15, 0.2) is 48.6 Å². The van der Waals surface area contributed by atoms with Crippen LogP contribution >= 0.6 is 0 Å². The van der Waals surface area contributed by atoms with Gasteiger partial charge in [-0.2, -0.15) is 0 Å². The molecule has 2 aliphatic carbocycles. The first-order valence-electron chi connectivity index (χ1n) is 11.8. The van der Waals surface area contributed by atoms with Crippen molar-refractivity contribution in [1.29, 1.82) is 0 Å². The predicted molar refractivity (Wildman–Crippen MR) is 123 cm³/mol. The van der Waals surface area contributed by atoms with Crippen molar-refractivity contribution in [2.45, 2.75) is 64.2 Å². The molecule has 0 radical (unpaired) electrons. The number of benzene rings is 2. The molecule has 2 saturated carbocycles. The zero-order valence-corrected chi connectivity index (χ0v) is 18.7. The molecule has 0 heterocycles. The Balaban J connectivity index is 1.42. The summed E-state index contributed by atoms with van der Waals surface area (Å²) in [5.74, 6) is 2.58. The zero-order chi connectivity index (χ0) is 21.8. The molecule has 0 aliphatic heterocycles. The Bertz CT molecular complexity index is 919. The number of hydrogen-bond acceptors (Lipinski definition) is 1. The highest BCUT2D eigenvalue weighted by atomic mass is 19.1. The minimum absolute atomic E-state index is 0.198. The molecule has 2 aromatic carbocycles. The van der Waals surface area contributed by atoms with E-state index in [1.165, 1.54) is 57.8 Å². The highest BCUT2D eigenvalue weighted by Gasteiger charge is 2.36. The molecule has 4 atom stereocenters. The molecule has 1 nitrogen and oxygen atoms in total. The summed E-state index contributed by atoms with van der Waals surface area (Å²) in [5.41, 5.74) is 1.80. The summed E-state index contributed by atoms with van der Waals surface area (Å²) in [4.78, 5) is 0. The summed E-state index contributed by atoms with van der Waals surface area (Å²) in [6, 6.07) is 9.97. The van der Waals surface area contributed by atoms with Crippen molar-refractivity contribution >= 4 is 0 Å². The molecule has 31 heavy (non-hydrogen) atoms. The third-order valence-corrected chi connectivity index (χ3v) is 7.63. The number of hydrogen-bond donors (Lipinski definition) is 0. The molecule has 4 unspecified atom stereocenters. The molecule has 0 N–H and O–H groups in total. The van der Waals surface area contributed by atoms with E-state index in [4.69, 9.17) is 4.74 Å². The molecule has 2 aromatic rings. The number of rotatable bonds is 6. The van der Waals surface area contributed by atoms with Crippen LogP contribution in [0, 0.1) is 29.4 Å². The van der Waals surface area contributed by atoms with Crippen LogP contribution < -0.4 is 4.74 Å². The fourth-order valence-corrected chi connectivity index (χ4v) is 5.91. The minimum atomic E-state index is -0.391. The number of halogens is 2. The molecule has 0 bridgehead atoms. The lowest BCUT2D eigenvalue weighted by Gasteiger charge is -2.42. The van der Waals surface area contributed by atoms with Gasteiger partial charge < -0.3 is 4.74 Å². The van der Waals surface area contributed by atoms with Gasteiger partial charge in [0, 0.05) is 11.6 Å². The van der Waals surface area contributed by atoms with E-state index < -0.39 is 5.82 Å². The second-order valence-corrected chi connectivity index (χ2v) is 9.44. The monoisotopic (exact) mass is 424 g/mol. The maximum absolute atomic E-state index is 15.1. The van der Waals surface area contributed by atoms with Gasteiger partial charge in [0.1, 0.15) is 17.4 Å². The molecular weight excluding hydrogens is 390 g/mol. The van der Waals surface area contributed by atoms with Crippen molar-refractivity contribution in [3.63, 3.8) is 0 Å². The minimum Gasteiger partial charge on any atom is -0.497 e. The van der Waals surface area contributed by atoms with Crippen LogP contribution in [-0.2, 0) is 0 Å². The van der Waals surface area contributed by atoms with Gasteiger partial charge >= 0.3 is 0 Å². The maximum atomic E-state index is 15.1. The Labute approximate surface area is 185 Å². The average Bonchev–Trinajstić information content (AvgIpc) is 2.78. The van der Waals surface area contributed by atoms with Gasteiger partial charge in [-0.1, -0.05) is 30.7 Å². The second-order valence-electron chi connectivity index (χ2n) is 9.44. The summed E-state index contributed by atoms with van der Waals surface area (Å²) >= 11 is 0. The van der Waals surface area contributed by atoms with Gasteiger partial charge in [-0.25, -0.2) is 8.78 Å². The van der Waals surface area contributed by atoms with Gasteiger partial charge in [0.05, 0.1) is 7.11 Å². The first-order valence-corrected chi connectivity index (χ1v) is 11.8. The smallest absolute Gasteiger partial charge is 0.134 e. The Morgan fingerprint density at radius 2 is 1.74 bits per heavy atom. The van der Waals surface area contributed by atoms with Crippen molar-refractivity contribution in [2.75, 3.05) is 7.11 Å². The molecule has 0 aromatic heterocycles. The summed E-state index contributed by atoms with van der Waals surface area (Å²) in [6.07, 6.45) is 14.3. The zero-order valence-electron chi connectivity index (χ0n) is 18.7. The predicted octanol–water partition coefficient (Wildman–Crippen LogP) is 8.30. The Morgan fingerprint density at radius 1 is 0.935 bits per heavy atom. The third kappa shape index (κ3) is 5.02. The molecule has 2 aliphatic rings. The van der Waals surface area contributed by atoms with E-state index in [-0.39, 0.29) is 11.7 Å². The first-order chi connectivity index (χ1) is 15.1. The molecular formula is C28H34F2O. The Kier molecular flexibility index (Phi) is 7.09. The fraction of sp³-hybridized carbons (Fsp3) is 0.500. The molecule has 0 spiro atoms. The van der Waals surface area contributed by atoms with E-state index in [1.54, 1.807) is 12.1 Å². The van der Waals surface area contributed by atoms with Crippen LogP contribution in [0.2, 0.25) is 0 Å². The number of fused-ring (bicyclic) bond motifs is 1. The number of ether oxygens (including phenoxy) is 1. The molecule has 2 fully saturated rings. The highest BCUT2D eigenvalue weighted by molar-refractivity contribution is 5.65. The van der Waals surface area contributed by atoms with Crippen LogP contribution in [-0.4, -0.2) is 7.11 Å². The third-order valence-electron chi connectivity index (χ3n) is 7.63. The van der Waals surface area contributed by atoms with Crippen LogP contribution in [0.4, 0.5) is 8.78 Å². The van der Waals surface area contributed by atoms with Crippen molar-refractivity contribution in [3.8, 4) is 16.9 Å². The SMILES string of the molecule is C/C=C/CCC1CCC2CC(c3ccc(-c4ccc(OC)cc4F)cc3F)CCC2C1. The van der Waals surface area contributed by atoms with Gasteiger partial charge in [-0.15, -0.1) is 0 Å². The molecule has 0 amide bonds. The van der Waals surface area contributed by atoms with Gasteiger partial charge in [-0.3, -0.25) is 0 Å². The van der Waals surface area contributed by atoms with Crippen molar-refractivity contribution in [2.24, 2.45) is 17.8 Å². The van der Waals surface area contributed by atoms with E-state index in [9.17, 15) is 4.39 Å². The molecule has 3 heteroatoms. The molecule has 166 valence electrons.